The van der Waals surface area contributed by atoms with Crippen LogP contribution in [0.5, 0.6) is 5.75 Å². The summed E-state index contributed by atoms with van der Waals surface area (Å²) in [6, 6.07) is 6.44. The van der Waals surface area contributed by atoms with Gasteiger partial charge >= 0.3 is 0 Å². The third kappa shape index (κ3) is 2.90. The number of hydrogen-bond acceptors (Lipinski definition) is 3. The Morgan fingerprint density at radius 1 is 1.32 bits per heavy atom. The van der Waals surface area contributed by atoms with Gasteiger partial charge in [0.15, 0.2) is 17.0 Å². The third-order valence-electron chi connectivity index (χ3n) is 4.05. The number of halogens is 1. The van der Waals surface area contributed by atoms with E-state index in [9.17, 15) is 9.18 Å². The lowest BCUT2D eigenvalue weighted by molar-refractivity contribution is 0.0114. The summed E-state index contributed by atoms with van der Waals surface area (Å²) < 4.78 is 19.1. The summed E-state index contributed by atoms with van der Waals surface area (Å²) in [7, 11) is 0. The number of benzene rings is 1. The monoisotopic (exact) mass is 302 g/mol. The van der Waals surface area contributed by atoms with Gasteiger partial charge in [0.2, 0.25) is 0 Å². The molecule has 1 aliphatic heterocycles. The minimum Gasteiger partial charge on any atom is -0.485 e. The van der Waals surface area contributed by atoms with E-state index in [4.69, 9.17) is 4.74 Å². The van der Waals surface area contributed by atoms with Crippen molar-refractivity contribution in [3.63, 3.8) is 0 Å². The summed E-state index contributed by atoms with van der Waals surface area (Å²) in [5, 5.41) is 0. The highest BCUT2D eigenvalue weighted by molar-refractivity contribution is 5.25. The van der Waals surface area contributed by atoms with Gasteiger partial charge in [0.05, 0.1) is 0 Å². The van der Waals surface area contributed by atoms with Crippen LogP contribution in [0.1, 0.15) is 16.8 Å². The SMILES string of the molecule is Cc1c[nH]c(CN2CC(Oc3ccccc3F)C2)c(C)c1=O. The zero-order chi connectivity index (χ0) is 15.7. The van der Waals surface area contributed by atoms with E-state index >= 15 is 0 Å². The van der Waals surface area contributed by atoms with E-state index in [0.717, 1.165) is 29.9 Å². The number of aryl methyl sites for hydroxylation is 1. The molecule has 0 aliphatic carbocycles. The highest BCUT2D eigenvalue weighted by Crippen LogP contribution is 2.22. The molecule has 0 amide bonds. The maximum absolute atomic E-state index is 13.5. The van der Waals surface area contributed by atoms with E-state index in [0.29, 0.717) is 12.3 Å². The lowest BCUT2D eigenvalue weighted by atomic mass is 10.1. The van der Waals surface area contributed by atoms with Crippen LogP contribution in [0.25, 0.3) is 0 Å². The average Bonchev–Trinajstić information content (AvgIpc) is 2.47. The van der Waals surface area contributed by atoms with Crippen molar-refractivity contribution in [2.45, 2.75) is 26.5 Å². The minimum atomic E-state index is -0.334. The third-order valence-corrected chi connectivity index (χ3v) is 4.05. The summed E-state index contributed by atoms with van der Waals surface area (Å²) in [5.74, 6) is -0.0354. The molecule has 0 radical (unpaired) electrons. The first-order chi connectivity index (χ1) is 10.5. The Hall–Kier alpha value is -2.14. The second-order valence-electron chi connectivity index (χ2n) is 5.77. The number of hydrogen-bond donors (Lipinski definition) is 1. The number of pyridine rings is 1. The van der Waals surface area contributed by atoms with Gasteiger partial charge in [-0.3, -0.25) is 9.69 Å². The zero-order valence-electron chi connectivity index (χ0n) is 12.7. The Bertz CT molecular complexity index is 736. The molecule has 22 heavy (non-hydrogen) atoms. The van der Waals surface area contributed by atoms with Crippen LogP contribution in [-0.4, -0.2) is 29.1 Å². The summed E-state index contributed by atoms with van der Waals surface area (Å²) >= 11 is 0. The van der Waals surface area contributed by atoms with Crippen molar-refractivity contribution in [3.05, 3.63) is 63.3 Å². The lowest BCUT2D eigenvalue weighted by Gasteiger charge is -2.39. The van der Waals surface area contributed by atoms with E-state index in [1.54, 1.807) is 31.3 Å². The number of aromatic amines is 1. The molecule has 0 unspecified atom stereocenters. The van der Waals surface area contributed by atoms with Gasteiger partial charge in [-0.05, 0) is 26.0 Å². The maximum atomic E-state index is 13.5. The fourth-order valence-corrected chi connectivity index (χ4v) is 2.64. The first kappa shape index (κ1) is 14.8. The average molecular weight is 302 g/mol. The largest absolute Gasteiger partial charge is 0.485 e. The molecule has 5 heteroatoms. The van der Waals surface area contributed by atoms with E-state index in [-0.39, 0.29) is 17.3 Å². The zero-order valence-corrected chi connectivity index (χ0v) is 12.7. The molecule has 0 spiro atoms. The second kappa shape index (κ2) is 5.93. The molecule has 4 nitrogen and oxygen atoms in total. The first-order valence-electron chi connectivity index (χ1n) is 7.36. The maximum Gasteiger partial charge on any atom is 0.187 e. The van der Waals surface area contributed by atoms with Crippen LogP contribution < -0.4 is 10.2 Å². The fourth-order valence-electron chi connectivity index (χ4n) is 2.64. The smallest absolute Gasteiger partial charge is 0.187 e. The Balaban J connectivity index is 1.57. The van der Waals surface area contributed by atoms with Crippen LogP contribution in [0.15, 0.2) is 35.3 Å². The Morgan fingerprint density at radius 3 is 2.77 bits per heavy atom. The van der Waals surface area contributed by atoms with Gasteiger partial charge in [0, 0.05) is 42.7 Å². The predicted octanol–water partition coefficient (Wildman–Crippen LogP) is 2.39. The van der Waals surface area contributed by atoms with E-state index in [2.05, 4.69) is 9.88 Å². The summed E-state index contributed by atoms with van der Waals surface area (Å²) in [4.78, 5) is 17.3. The number of nitrogens with zero attached hydrogens (tertiary/aromatic N) is 1. The summed E-state index contributed by atoms with van der Waals surface area (Å²) in [5.41, 5.74) is 2.51. The van der Waals surface area contributed by atoms with E-state index in [1.807, 2.05) is 6.92 Å². The molecule has 3 rings (SSSR count). The molecule has 1 N–H and O–H groups in total. The summed E-state index contributed by atoms with van der Waals surface area (Å²) in [6.45, 7) is 5.78. The van der Waals surface area contributed by atoms with Crippen LogP contribution >= 0.6 is 0 Å². The Kier molecular flexibility index (Phi) is 3.98. The quantitative estimate of drug-likeness (QED) is 0.943. The van der Waals surface area contributed by atoms with E-state index < -0.39 is 0 Å². The molecule has 0 saturated carbocycles. The molecular formula is C17H19FN2O2. The molecule has 116 valence electrons. The van der Waals surface area contributed by atoms with Gasteiger partial charge in [0.25, 0.3) is 0 Å². The van der Waals surface area contributed by atoms with Crippen molar-refractivity contribution in [2.24, 2.45) is 0 Å². The van der Waals surface area contributed by atoms with Crippen LogP contribution in [0.4, 0.5) is 4.39 Å². The molecule has 0 atom stereocenters. The summed E-state index contributed by atoms with van der Waals surface area (Å²) in [6.07, 6.45) is 1.74. The molecule has 0 bridgehead atoms. The van der Waals surface area contributed by atoms with Gasteiger partial charge < -0.3 is 9.72 Å². The number of H-pyrrole nitrogens is 1. The highest BCUT2D eigenvalue weighted by Gasteiger charge is 2.29. The van der Waals surface area contributed by atoms with Gasteiger partial charge in [-0.2, -0.15) is 0 Å². The van der Waals surface area contributed by atoms with Gasteiger partial charge in [0.1, 0.15) is 6.10 Å². The number of aromatic nitrogens is 1. The Labute approximate surface area is 128 Å². The predicted molar refractivity (Wildman–Crippen MR) is 82.6 cm³/mol. The molecule has 1 fully saturated rings. The molecule has 2 aromatic rings. The van der Waals surface area contributed by atoms with Crippen LogP contribution in [0.3, 0.4) is 0 Å². The first-order valence-corrected chi connectivity index (χ1v) is 7.36. The van der Waals surface area contributed by atoms with Crippen LogP contribution in [0, 0.1) is 19.7 Å². The number of rotatable bonds is 4. The number of likely N-dealkylation sites (tertiary alicyclic amines) is 1. The van der Waals surface area contributed by atoms with Crippen molar-refractivity contribution < 1.29 is 9.13 Å². The topological polar surface area (TPSA) is 45.3 Å². The van der Waals surface area contributed by atoms with Gasteiger partial charge in [-0.1, -0.05) is 12.1 Å². The van der Waals surface area contributed by atoms with E-state index in [1.165, 1.54) is 6.07 Å². The van der Waals surface area contributed by atoms with Crippen LogP contribution in [0.2, 0.25) is 0 Å². The minimum absolute atomic E-state index is 0.00521. The van der Waals surface area contributed by atoms with Crippen molar-refractivity contribution in [2.75, 3.05) is 13.1 Å². The van der Waals surface area contributed by atoms with Crippen molar-refractivity contribution in [1.29, 1.82) is 0 Å². The van der Waals surface area contributed by atoms with Gasteiger partial charge in [-0.25, -0.2) is 4.39 Å². The number of para-hydroxylation sites is 1. The van der Waals surface area contributed by atoms with Crippen LogP contribution in [-0.2, 0) is 6.54 Å². The fraction of sp³-hybridized carbons (Fsp3) is 0.353. The molecule has 1 aromatic heterocycles. The number of nitrogens with one attached hydrogen (secondary N) is 1. The standard InChI is InChI=1S/C17H19FN2O2/c1-11-7-19-15(12(2)17(11)21)10-20-8-13(9-20)22-16-6-4-3-5-14(16)18/h3-7,13H,8-10H2,1-2H3,(H,19,21). The van der Waals surface area contributed by atoms with Crippen molar-refractivity contribution in [3.8, 4) is 5.75 Å². The number of ether oxygens (including phenoxy) is 1. The van der Waals surface area contributed by atoms with Crippen molar-refractivity contribution >= 4 is 0 Å². The van der Waals surface area contributed by atoms with Gasteiger partial charge in [-0.15, -0.1) is 0 Å². The Morgan fingerprint density at radius 2 is 2.05 bits per heavy atom. The van der Waals surface area contributed by atoms with Crippen molar-refractivity contribution in [1.82, 2.24) is 9.88 Å². The lowest BCUT2D eigenvalue weighted by Crippen LogP contribution is -2.53. The highest BCUT2D eigenvalue weighted by atomic mass is 19.1. The molecule has 1 saturated heterocycles. The molecular weight excluding hydrogens is 283 g/mol. The normalized spacial score (nSPS) is 15.6. The molecule has 1 aliphatic rings. The molecule has 1 aromatic carbocycles. The molecule has 2 heterocycles. The second-order valence-corrected chi connectivity index (χ2v) is 5.77.